The third-order valence-corrected chi connectivity index (χ3v) is 0.642. The molecule has 0 spiro atoms. The summed E-state index contributed by atoms with van der Waals surface area (Å²) >= 11 is 0. The smallest absolute Gasteiger partial charge is 0.308 e. The van der Waals surface area contributed by atoms with Crippen molar-refractivity contribution in [1.82, 2.24) is 0 Å². The van der Waals surface area contributed by atoms with Crippen LogP contribution in [-0.4, -0.2) is 11.1 Å². The van der Waals surface area contributed by atoms with Gasteiger partial charge in [0.05, 0.1) is 5.41 Å². The summed E-state index contributed by atoms with van der Waals surface area (Å²) in [7, 11) is 0. The predicted molar refractivity (Wildman–Crippen MR) is 27.1 cm³/mol. The van der Waals surface area contributed by atoms with Gasteiger partial charge in [0, 0.05) is 19.5 Å². The number of aliphatic carboxylic acids is 1. The number of hydrogen-bond donors (Lipinski definition) is 1. The first-order valence-corrected chi connectivity index (χ1v) is 2.18. The Labute approximate surface area is 62.0 Å². The maximum atomic E-state index is 10.0. The number of rotatable bonds is 0. The van der Waals surface area contributed by atoms with Crippen molar-refractivity contribution in [3.05, 3.63) is 0 Å². The molecule has 0 aliphatic heterocycles. The van der Waals surface area contributed by atoms with Crippen LogP contribution in [0.4, 0.5) is 0 Å². The zero-order chi connectivity index (χ0) is 6.08. The van der Waals surface area contributed by atoms with Crippen LogP contribution in [0.15, 0.2) is 0 Å². The van der Waals surface area contributed by atoms with Crippen LogP contribution in [0.5, 0.6) is 0 Å². The third kappa shape index (κ3) is 4.26. The Bertz CT molecular complexity index is 82.9. The first-order chi connectivity index (χ1) is 2.94. The van der Waals surface area contributed by atoms with Crippen molar-refractivity contribution >= 4 is 5.97 Å². The van der Waals surface area contributed by atoms with E-state index in [2.05, 4.69) is 0 Å². The summed E-state index contributed by atoms with van der Waals surface area (Å²) < 4.78 is 0. The second-order valence-corrected chi connectivity index (χ2v) is 2.56. The fourth-order valence-electron chi connectivity index (χ4n) is 0. The van der Waals surface area contributed by atoms with E-state index in [0.717, 1.165) is 0 Å². The molecule has 0 rings (SSSR count). The molecular weight excluding hydrogens is 157 g/mol. The van der Waals surface area contributed by atoms with E-state index < -0.39 is 11.4 Å². The minimum absolute atomic E-state index is 0. The quantitative estimate of drug-likeness (QED) is 0.549. The standard InChI is InChI=1S/C5H10O2.Zn/c1-5(2,3)4(6)7;/h1-3H3,(H,6,7);. The van der Waals surface area contributed by atoms with Crippen molar-refractivity contribution in [2.24, 2.45) is 5.41 Å². The molecule has 0 saturated heterocycles. The molecular formula is C5H10O2Zn. The van der Waals surface area contributed by atoms with Gasteiger partial charge in [-0.25, -0.2) is 0 Å². The summed E-state index contributed by atoms with van der Waals surface area (Å²) in [6.45, 7) is 4.99. The van der Waals surface area contributed by atoms with Gasteiger partial charge < -0.3 is 5.11 Å². The van der Waals surface area contributed by atoms with Gasteiger partial charge in [-0.15, -0.1) is 0 Å². The van der Waals surface area contributed by atoms with E-state index in [-0.39, 0.29) is 19.5 Å². The van der Waals surface area contributed by atoms with Crippen molar-refractivity contribution in [3.63, 3.8) is 0 Å². The number of carbonyl (C=O) groups is 1. The minimum Gasteiger partial charge on any atom is -0.481 e. The molecule has 0 amide bonds. The average molecular weight is 168 g/mol. The van der Waals surface area contributed by atoms with Gasteiger partial charge in [-0.05, 0) is 20.8 Å². The van der Waals surface area contributed by atoms with Crippen LogP contribution >= 0.6 is 0 Å². The molecule has 0 saturated carbocycles. The van der Waals surface area contributed by atoms with Gasteiger partial charge in [0.1, 0.15) is 0 Å². The van der Waals surface area contributed by atoms with Crippen LogP contribution < -0.4 is 0 Å². The molecule has 8 heavy (non-hydrogen) atoms. The van der Waals surface area contributed by atoms with Crippen molar-refractivity contribution in [2.75, 3.05) is 0 Å². The van der Waals surface area contributed by atoms with E-state index in [1.807, 2.05) is 0 Å². The Morgan fingerprint density at radius 2 is 1.50 bits per heavy atom. The fraction of sp³-hybridized carbons (Fsp3) is 0.800. The second-order valence-electron chi connectivity index (χ2n) is 2.56. The zero-order valence-electron chi connectivity index (χ0n) is 5.56. The van der Waals surface area contributed by atoms with Crippen LogP contribution in [0.1, 0.15) is 20.8 Å². The molecule has 0 radical (unpaired) electrons. The summed E-state index contributed by atoms with van der Waals surface area (Å²) in [5.41, 5.74) is -0.583. The molecule has 0 bridgehead atoms. The maximum Gasteiger partial charge on any atom is 0.308 e. The molecule has 0 aromatic heterocycles. The van der Waals surface area contributed by atoms with Gasteiger partial charge in [0.15, 0.2) is 0 Å². The van der Waals surface area contributed by atoms with Gasteiger partial charge >= 0.3 is 5.97 Å². The third-order valence-electron chi connectivity index (χ3n) is 0.642. The molecule has 0 heterocycles. The zero-order valence-corrected chi connectivity index (χ0v) is 8.53. The number of carboxylic acid groups (broad SMARTS) is 1. The monoisotopic (exact) mass is 166 g/mol. The Hall–Kier alpha value is 0.0934. The number of hydrogen-bond acceptors (Lipinski definition) is 1. The largest absolute Gasteiger partial charge is 0.481 e. The Morgan fingerprint density at radius 1 is 1.38 bits per heavy atom. The molecule has 0 aliphatic rings. The topological polar surface area (TPSA) is 37.3 Å². The van der Waals surface area contributed by atoms with Crippen LogP contribution in [-0.2, 0) is 24.3 Å². The van der Waals surface area contributed by atoms with Gasteiger partial charge in [0.2, 0.25) is 0 Å². The van der Waals surface area contributed by atoms with E-state index in [0.29, 0.717) is 0 Å². The molecule has 3 heteroatoms. The van der Waals surface area contributed by atoms with Gasteiger partial charge in [0.25, 0.3) is 0 Å². The van der Waals surface area contributed by atoms with Crippen molar-refractivity contribution in [2.45, 2.75) is 20.8 Å². The fourth-order valence-corrected chi connectivity index (χ4v) is 0. The van der Waals surface area contributed by atoms with Crippen molar-refractivity contribution < 1.29 is 29.4 Å². The molecule has 0 atom stereocenters. The van der Waals surface area contributed by atoms with Gasteiger partial charge in [-0.2, -0.15) is 0 Å². The first kappa shape index (κ1) is 11.0. The van der Waals surface area contributed by atoms with Crippen molar-refractivity contribution in [1.29, 1.82) is 0 Å². The van der Waals surface area contributed by atoms with E-state index in [1.54, 1.807) is 20.8 Å². The second kappa shape index (κ2) is 3.19. The molecule has 2 nitrogen and oxygen atoms in total. The minimum atomic E-state index is -0.757. The summed E-state index contributed by atoms with van der Waals surface area (Å²) in [5.74, 6) is -0.757. The molecule has 0 aromatic carbocycles. The molecule has 44 valence electrons. The maximum absolute atomic E-state index is 10.0. The summed E-state index contributed by atoms with van der Waals surface area (Å²) in [4.78, 5) is 10.0. The summed E-state index contributed by atoms with van der Waals surface area (Å²) in [6, 6.07) is 0. The molecule has 1 N–H and O–H groups in total. The molecule has 0 aromatic rings. The average Bonchev–Trinajstić information content (AvgIpc) is 1.31. The summed E-state index contributed by atoms with van der Waals surface area (Å²) in [5, 5.41) is 8.25. The van der Waals surface area contributed by atoms with E-state index in [9.17, 15) is 4.79 Å². The normalized spacial score (nSPS) is 9.88. The Kier molecular flexibility index (Phi) is 4.37. The van der Waals surface area contributed by atoms with E-state index >= 15 is 0 Å². The van der Waals surface area contributed by atoms with E-state index in [1.165, 1.54) is 0 Å². The predicted octanol–water partition coefficient (Wildman–Crippen LogP) is 1.11. The van der Waals surface area contributed by atoms with Gasteiger partial charge in [-0.3, -0.25) is 4.79 Å². The SMILES string of the molecule is CC(C)(C)C(=O)O.[Zn]. The molecule has 0 fully saturated rings. The van der Waals surface area contributed by atoms with Crippen LogP contribution in [0.25, 0.3) is 0 Å². The van der Waals surface area contributed by atoms with Gasteiger partial charge in [-0.1, -0.05) is 0 Å². The summed E-state index contributed by atoms with van der Waals surface area (Å²) in [6.07, 6.45) is 0. The number of carboxylic acids is 1. The first-order valence-electron chi connectivity index (χ1n) is 2.18. The van der Waals surface area contributed by atoms with E-state index in [4.69, 9.17) is 5.11 Å². The van der Waals surface area contributed by atoms with Crippen LogP contribution in [0.2, 0.25) is 0 Å². The molecule has 0 unspecified atom stereocenters. The van der Waals surface area contributed by atoms with Crippen molar-refractivity contribution in [3.8, 4) is 0 Å². The van der Waals surface area contributed by atoms with Crippen LogP contribution in [0, 0.1) is 5.41 Å². The Morgan fingerprint density at radius 3 is 1.50 bits per heavy atom. The molecule has 0 aliphatic carbocycles. The van der Waals surface area contributed by atoms with Crippen LogP contribution in [0.3, 0.4) is 0 Å². The Balaban J connectivity index is 0.